The molecular weight excluding hydrogens is 403 g/mol. The Morgan fingerprint density at radius 3 is 2.87 bits per heavy atom. The molecule has 3 rings (SSSR count). The lowest BCUT2D eigenvalue weighted by Crippen LogP contribution is -2.45. The quantitative estimate of drug-likeness (QED) is 0.591. The molecule has 9 nitrogen and oxygen atoms in total. The minimum Gasteiger partial charge on any atom is -0.449 e. The number of rotatable bonds is 8. The van der Waals surface area contributed by atoms with E-state index in [1.165, 1.54) is 13.8 Å². The maximum Gasteiger partial charge on any atom is 0.407 e. The molecule has 0 radical (unpaired) electrons. The van der Waals surface area contributed by atoms with Gasteiger partial charge in [-0.1, -0.05) is 0 Å². The van der Waals surface area contributed by atoms with Crippen LogP contribution in [0.15, 0.2) is 18.5 Å². The zero-order valence-corrected chi connectivity index (χ0v) is 18.4. The van der Waals surface area contributed by atoms with E-state index in [0.717, 1.165) is 30.5 Å². The number of alkyl halides is 1. The van der Waals surface area contributed by atoms with Gasteiger partial charge in [0.15, 0.2) is 5.82 Å². The number of hydrogen-bond acceptors (Lipinski definition) is 5. The number of halogens is 1. The summed E-state index contributed by atoms with van der Waals surface area (Å²) in [6, 6.07) is 1.22. The molecule has 1 aliphatic carbocycles. The van der Waals surface area contributed by atoms with Gasteiger partial charge in [0.2, 0.25) is 5.91 Å². The number of aryl methyl sites for hydroxylation is 1. The Bertz CT molecular complexity index is 903. The van der Waals surface area contributed by atoms with Gasteiger partial charge in [-0.15, -0.1) is 0 Å². The van der Waals surface area contributed by atoms with Crippen LogP contribution in [0.1, 0.15) is 57.2 Å². The Morgan fingerprint density at radius 2 is 2.19 bits per heavy atom. The molecule has 2 aromatic heterocycles. The molecule has 1 unspecified atom stereocenters. The van der Waals surface area contributed by atoms with Crippen molar-refractivity contribution in [2.45, 2.75) is 64.1 Å². The molecule has 1 aliphatic rings. The number of anilines is 1. The molecule has 0 saturated heterocycles. The minimum atomic E-state index is -1.51. The monoisotopic (exact) mass is 434 g/mol. The number of alkyl carbamates (subject to hydrolysis) is 1. The zero-order chi connectivity index (χ0) is 22.6. The highest BCUT2D eigenvalue weighted by atomic mass is 19.1. The maximum absolute atomic E-state index is 13.8. The molecule has 10 heteroatoms. The van der Waals surface area contributed by atoms with Gasteiger partial charge in [0.05, 0.1) is 25.3 Å². The van der Waals surface area contributed by atoms with Gasteiger partial charge in [-0.3, -0.25) is 14.6 Å². The number of carbonyl (C=O) groups excluding carboxylic acids is 2. The van der Waals surface area contributed by atoms with Crippen molar-refractivity contribution in [3.8, 4) is 0 Å². The van der Waals surface area contributed by atoms with Crippen LogP contribution in [0, 0.1) is 5.92 Å². The van der Waals surface area contributed by atoms with E-state index in [0.29, 0.717) is 12.4 Å². The lowest BCUT2D eigenvalue weighted by molar-refractivity contribution is -0.115. The predicted octanol–water partition coefficient (Wildman–Crippen LogP) is 3.07. The molecule has 0 aromatic carbocycles. The van der Waals surface area contributed by atoms with Crippen molar-refractivity contribution in [3.05, 3.63) is 29.7 Å². The van der Waals surface area contributed by atoms with Crippen LogP contribution in [0.5, 0.6) is 0 Å². The summed E-state index contributed by atoms with van der Waals surface area (Å²) in [5.74, 6) is 0.833. The van der Waals surface area contributed by atoms with Crippen LogP contribution in [0.3, 0.4) is 0 Å². The Hall–Kier alpha value is -2.91. The Kier molecular flexibility index (Phi) is 6.97. The Labute approximate surface area is 181 Å². The third-order valence-electron chi connectivity index (χ3n) is 5.78. The first-order valence-corrected chi connectivity index (χ1v) is 10.5. The fourth-order valence-corrected chi connectivity index (χ4v) is 3.64. The molecule has 0 aliphatic heterocycles. The van der Waals surface area contributed by atoms with E-state index in [1.54, 1.807) is 31.0 Å². The molecule has 0 spiro atoms. The second kappa shape index (κ2) is 9.49. The van der Waals surface area contributed by atoms with Crippen LogP contribution >= 0.6 is 0 Å². The van der Waals surface area contributed by atoms with Gasteiger partial charge in [0.25, 0.3) is 0 Å². The lowest BCUT2D eigenvalue weighted by atomic mass is 10.0. The third-order valence-corrected chi connectivity index (χ3v) is 5.78. The second-order valence-corrected chi connectivity index (χ2v) is 8.86. The van der Waals surface area contributed by atoms with E-state index in [1.807, 2.05) is 6.07 Å². The Morgan fingerprint density at radius 1 is 1.42 bits per heavy atom. The number of carbonyl (C=O) groups is 2. The highest BCUT2D eigenvalue weighted by Crippen LogP contribution is 2.38. The van der Waals surface area contributed by atoms with Gasteiger partial charge in [0.1, 0.15) is 5.67 Å². The average molecular weight is 435 g/mol. The number of H-pyrrole nitrogens is 1. The summed E-state index contributed by atoms with van der Waals surface area (Å²) in [5, 5.41) is 16.6. The third kappa shape index (κ3) is 6.53. The van der Waals surface area contributed by atoms with Crippen LogP contribution in [0.4, 0.5) is 15.0 Å². The zero-order valence-electron chi connectivity index (χ0n) is 18.4. The molecule has 0 bridgehead atoms. The summed E-state index contributed by atoms with van der Waals surface area (Å²) < 4.78 is 20.7. The molecule has 1 saturated carbocycles. The minimum absolute atomic E-state index is 0.152. The Balaban J connectivity index is 1.42. The van der Waals surface area contributed by atoms with Crippen molar-refractivity contribution in [1.29, 1.82) is 0 Å². The lowest BCUT2D eigenvalue weighted by Gasteiger charge is -2.24. The fourth-order valence-electron chi connectivity index (χ4n) is 3.64. The summed E-state index contributed by atoms with van der Waals surface area (Å²) in [4.78, 5) is 24.1. The number of ether oxygens (including phenoxy) is 1. The first kappa shape index (κ1) is 22.8. The van der Waals surface area contributed by atoms with Gasteiger partial charge >= 0.3 is 6.09 Å². The van der Waals surface area contributed by atoms with Crippen molar-refractivity contribution in [1.82, 2.24) is 25.3 Å². The first-order valence-electron chi connectivity index (χ1n) is 10.5. The number of amides is 2. The van der Waals surface area contributed by atoms with Crippen molar-refractivity contribution < 1.29 is 18.7 Å². The highest BCUT2D eigenvalue weighted by Gasteiger charge is 2.30. The number of aromatic amines is 1. The van der Waals surface area contributed by atoms with Crippen LogP contribution in [-0.2, 0) is 23.0 Å². The number of nitrogens with one attached hydrogen (secondary N) is 3. The van der Waals surface area contributed by atoms with Crippen molar-refractivity contribution in [2.24, 2.45) is 13.0 Å². The summed E-state index contributed by atoms with van der Waals surface area (Å²) in [6.45, 7) is 4.74. The molecular formula is C21H31FN6O3. The van der Waals surface area contributed by atoms with E-state index in [-0.39, 0.29) is 24.2 Å². The van der Waals surface area contributed by atoms with Gasteiger partial charge in [-0.25, -0.2) is 9.18 Å². The SMILES string of the molecule is C[C@H](NC(=O)OCC1CC[C@H](c2cc(NC(=O)Cc3cnn(C)c3)n[nH]2)C1)C(C)(C)F. The topological polar surface area (TPSA) is 114 Å². The summed E-state index contributed by atoms with van der Waals surface area (Å²) >= 11 is 0. The molecule has 3 atom stereocenters. The van der Waals surface area contributed by atoms with E-state index in [2.05, 4.69) is 25.9 Å². The molecule has 1 fully saturated rings. The normalized spacial score (nSPS) is 19.8. The maximum atomic E-state index is 13.8. The van der Waals surface area contributed by atoms with E-state index < -0.39 is 17.8 Å². The van der Waals surface area contributed by atoms with Crippen molar-refractivity contribution >= 4 is 17.8 Å². The van der Waals surface area contributed by atoms with Gasteiger partial charge in [-0.05, 0) is 51.5 Å². The molecule has 2 amide bonds. The summed E-state index contributed by atoms with van der Waals surface area (Å²) in [6.07, 6.45) is 5.81. The standard InChI is InChI=1S/C21H31FN6O3/c1-13(21(2,3)22)24-20(30)31-12-14-5-6-16(7-14)17-9-18(27-26-17)25-19(29)8-15-10-23-28(4)11-15/h9-11,13-14,16H,5-8,12H2,1-4H3,(H,24,30)(H2,25,26,27,29)/t13-,14?,16-/m0/s1. The van der Waals surface area contributed by atoms with Crippen molar-refractivity contribution in [2.75, 3.05) is 11.9 Å². The molecule has 31 heavy (non-hydrogen) atoms. The van der Waals surface area contributed by atoms with Crippen LogP contribution in [0.25, 0.3) is 0 Å². The molecule has 2 aromatic rings. The number of nitrogens with zero attached hydrogens (tertiary/aromatic N) is 3. The van der Waals surface area contributed by atoms with Gasteiger partial charge in [0, 0.05) is 30.9 Å². The number of hydrogen-bond donors (Lipinski definition) is 3. The smallest absolute Gasteiger partial charge is 0.407 e. The first-order chi connectivity index (χ1) is 14.6. The fraction of sp³-hybridized carbons (Fsp3) is 0.619. The largest absolute Gasteiger partial charge is 0.449 e. The predicted molar refractivity (Wildman–Crippen MR) is 113 cm³/mol. The van der Waals surface area contributed by atoms with Gasteiger partial charge in [-0.2, -0.15) is 10.2 Å². The van der Waals surface area contributed by atoms with Gasteiger partial charge < -0.3 is 15.4 Å². The molecule has 3 N–H and O–H groups in total. The van der Waals surface area contributed by atoms with Crippen molar-refractivity contribution in [3.63, 3.8) is 0 Å². The molecule has 2 heterocycles. The average Bonchev–Trinajstić information content (AvgIpc) is 3.40. The van der Waals surface area contributed by atoms with E-state index in [9.17, 15) is 14.0 Å². The number of aromatic nitrogens is 4. The van der Waals surface area contributed by atoms with Crippen LogP contribution < -0.4 is 10.6 Å². The van der Waals surface area contributed by atoms with Crippen LogP contribution in [0.2, 0.25) is 0 Å². The van der Waals surface area contributed by atoms with E-state index >= 15 is 0 Å². The van der Waals surface area contributed by atoms with E-state index in [4.69, 9.17) is 4.74 Å². The summed E-state index contributed by atoms with van der Waals surface area (Å²) in [7, 11) is 1.80. The summed E-state index contributed by atoms with van der Waals surface area (Å²) in [5.41, 5.74) is 0.280. The second-order valence-electron chi connectivity index (χ2n) is 8.86. The highest BCUT2D eigenvalue weighted by molar-refractivity contribution is 5.91. The van der Waals surface area contributed by atoms with Crippen LogP contribution in [-0.4, -0.2) is 50.3 Å². The molecule has 170 valence electrons.